The van der Waals surface area contributed by atoms with Crippen molar-refractivity contribution in [3.05, 3.63) is 51.7 Å². The zero-order valence-electron chi connectivity index (χ0n) is 18.1. The van der Waals surface area contributed by atoms with Crippen molar-refractivity contribution in [2.45, 2.75) is 25.9 Å². The van der Waals surface area contributed by atoms with Gasteiger partial charge in [0.15, 0.2) is 10.8 Å². The average molecular weight is 470 g/mol. The van der Waals surface area contributed by atoms with Gasteiger partial charge in [0, 0.05) is 37.9 Å². The van der Waals surface area contributed by atoms with Gasteiger partial charge in [0.25, 0.3) is 11.6 Å². The summed E-state index contributed by atoms with van der Waals surface area (Å²) in [5.41, 5.74) is 7.62. The molecule has 11 nitrogen and oxygen atoms in total. The number of hydrazine groups is 1. The molecule has 12 heteroatoms. The summed E-state index contributed by atoms with van der Waals surface area (Å²) in [7, 11) is 1.73. The van der Waals surface area contributed by atoms with Crippen molar-refractivity contribution in [3.8, 4) is 11.3 Å². The van der Waals surface area contributed by atoms with E-state index < -0.39 is 10.8 Å². The van der Waals surface area contributed by atoms with Crippen LogP contribution in [0, 0.1) is 17.0 Å². The summed E-state index contributed by atoms with van der Waals surface area (Å²) in [6, 6.07) is 7.69. The van der Waals surface area contributed by atoms with E-state index in [-0.39, 0.29) is 16.9 Å². The fourth-order valence-electron chi connectivity index (χ4n) is 3.79. The number of benzene rings is 1. The van der Waals surface area contributed by atoms with Crippen LogP contribution < -0.4 is 16.2 Å². The van der Waals surface area contributed by atoms with Crippen LogP contribution in [0.2, 0.25) is 0 Å². The summed E-state index contributed by atoms with van der Waals surface area (Å²) < 4.78 is 7.12. The van der Waals surface area contributed by atoms with E-state index in [0.717, 1.165) is 19.4 Å². The Bertz CT molecular complexity index is 1240. The minimum atomic E-state index is -0.474. The third kappa shape index (κ3) is 4.91. The number of aryl methyl sites for hydroxylation is 2. The van der Waals surface area contributed by atoms with E-state index >= 15 is 0 Å². The summed E-state index contributed by atoms with van der Waals surface area (Å²) in [5, 5.41) is 19.4. The molecule has 172 valence electrons. The van der Waals surface area contributed by atoms with E-state index in [1.54, 1.807) is 36.9 Å². The number of nitro benzene ring substituents is 1. The third-order valence-corrected chi connectivity index (χ3v) is 5.62. The van der Waals surface area contributed by atoms with Crippen LogP contribution in [0.3, 0.4) is 0 Å². The summed E-state index contributed by atoms with van der Waals surface area (Å²) in [6.07, 6.45) is 2.10. The minimum Gasteiger partial charge on any atom is -0.376 e. The number of hydrogen-bond donors (Lipinski definition) is 3. The maximum absolute atomic E-state index is 13.1. The Kier molecular flexibility index (Phi) is 6.47. The molecular formula is C21H23N7O4S. The quantitative estimate of drug-likeness (QED) is 0.292. The van der Waals surface area contributed by atoms with Crippen molar-refractivity contribution >= 4 is 40.0 Å². The Morgan fingerprint density at radius 3 is 2.91 bits per heavy atom. The first kappa shape index (κ1) is 22.6. The van der Waals surface area contributed by atoms with Crippen LogP contribution in [-0.4, -0.2) is 50.0 Å². The van der Waals surface area contributed by atoms with E-state index in [0.29, 0.717) is 40.1 Å². The highest BCUT2D eigenvalue weighted by atomic mass is 32.1. The van der Waals surface area contributed by atoms with Crippen molar-refractivity contribution in [2.24, 2.45) is 7.05 Å². The van der Waals surface area contributed by atoms with Crippen LogP contribution in [0.25, 0.3) is 22.3 Å². The number of hydrogen-bond acceptors (Lipinski definition) is 7. The Balaban J connectivity index is 1.59. The molecule has 2 aromatic heterocycles. The van der Waals surface area contributed by atoms with Crippen molar-refractivity contribution in [3.63, 3.8) is 0 Å². The largest absolute Gasteiger partial charge is 0.376 e. The monoisotopic (exact) mass is 469 g/mol. The van der Waals surface area contributed by atoms with Crippen LogP contribution in [0.1, 0.15) is 28.9 Å². The fraction of sp³-hybridized carbons (Fsp3) is 0.333. The first-order chi connectivity index (χ1) is 15.8. The Morgan fingerprint density at radius 2 is 2.18 bits per heavy atom. The Labute approximate surface area is 194 Å². The van der Waals surface area contributed by atoms with Crippen LogP contribution in [0.15, 0.2) is 30.3 Å². The molecule has 1 aliphatic rings. The van der Waals surface area contributed by atoms with Crippen LogP contribution >= 0.6 is 12.2 Å². The molecule has 1 fully saturated rings. The minimum absolute atomic E-state index is 0.0640. The summed E-state index contributed by atoms with van der Waals surface area (Å²) >= 11 is 5.24. The number of ether oxygens (including phenoxy) is 1. The number of non-ortho nitro benzene ring substituents is 1. The number of nitrogens with one attached hydrogen (secondary N) is 3. The maximum atomic E-state index is 13.1. The second kappa shape index (κ2) is 9.46. The SMILES string of the molecule is Cc1nn(C)c2nc(-c3cccc([N+](=O)[O-])c3)cc(C(=O)NNC(=S)NCC3CCCO3)c12. The van der Waals surface area contributed by atoms with Gasteiger partial charge in [-0.1, -0.05) is 12.1 Å². The maximum Gasteiger partial charge on any atom is 0.270 e. The lowest BCUT2D eigenvalue weighted by Crippen LogP contribution is -2.48. The second-order valence-electron chi connectivity index (χ2n) is 7.69. The van der Waals surface area contributed by atoms with Crippen molar-refractivity contribution in [1.82, 2.24) is 30.9 Å². The molecule has 33 heavy (non-hydrogen) atoms. The molecular weight excluding hydrogens is 446 g/mol. The highest BCUT2D eigenvalue weighted by molar-refractivity contribution is 7.80. The Hall–Kier alpha value is -3.64. The molecule has 0 radical (unpaired) electrons. The van der Waals surface area contributed by atoms with E-state index in [1.165, 1.54) is 12.1 Å². The number of fused-ring (bicyclic) bond motifs is 1. The highest BCUT2D eigenvalue weighted by Crippen LogP contribution is 2.28. The van der Waals surface area contributed by atoms with Crippen LogP contribution in [-0.2, 0) is 11.8 Å². The van der Waals surface area contributed by atoms with E-state index in [4.69, 9.17) is 17.0 Å². The standard InChI is InChI=1S/C21H23N7O4S/c1-12-18-16(20(29)24-25-21(33)22-11-15-7-4-8-32-15)10-17(23-19(18)27(2)26-12)13-5-3-6-14(9-13)28(30)31/h3,5-6,9-10,15H,4,7-8,11H2,1-2H3,(H,24,29)(H2,22,25,33). The zero-order valence-corrected chi connectivity index (χ0v) is 18.9. The van der Waals surface area contributed by atoms with E-state index in [9.17, 15) is 14.9 Å². The molecule has 1 amide bonds. The molecule has 1 saturated heterocycles. The van der Waals surface area contributed by atoms with E-state index in [1.807, 2.05) is 0 Å². The number of rotatable bonds is 5. The van der Waals surface area contributed by atoms with Gasteiger partial charge in [-0.2, -0.15) is 5.10 Å². The molecule has 1 aliphatic heterocycles. The molecule has 0 aliphatic carbocycles. The number of nitrogens with zero attached hydrogens (tertiary/aromatic N) is 4. The topological polar surface area (TPSA) is 136 Å². The average Bonchev–Trinajstić information content (AvgIpc) is 3.43. The van der Waals surface area contributed by atoms with Gasteiger partial charge in [-0.25, -0.2) is 4.98 Å². The van der Waals surface area contributed by atoms with Gasteiger partial charge >= 0.3 is 0 Å². The van der Waals surface area contributed by atoms with Gasteiger partial charge in [0.05, 0.1) is 33.4 Å². The predicted octanol–water partition coefficient (Wildman–Crippen LogP) is 2.14. The molecule has 3 N–H and O–H groups in total. The highest BCUT2D eigenvalue weighted by Gasteiger charge is 2.21. The van der Waals surface area contributed by atoms with Gasteiger partial charge in [-0.15, -0.1) is 0 Å². The number of nitro groups is 1. The first-order valence-electron chi connectivity index (χ1n) is 10.4. The Morgan fingerprint density at radius 1 is 1.36 bits per heavy atom. The lowest BCUT2D eigenvalue weighted by molar-refractivity contribution is -0.384. The second-order valence-corrected chi connectivity index (χ2v) is 8.10. The van der Waals surface area contributed by atoms with Crippen LogP contribution in [0.5, 0.6) is 0 Å². The molecule has 3 heterocycles. The molecule has 4 rings (SSSR count). The molecule has 1 atom stereocenters. The van der Waals surface area contributed by atoms with Gasteiger partial charge in [-0.05, 0) is 38.0 Å². The summed E-state index contributed by atoms with van der Waals surface area (Å²) in [6.45, 7) is 3.09. The summed E-state index contributed by atoms with van der Waals surface area (Å²) in [5.74, 6) is -0.438. The van der Waals surface area contributed by atoms with Crippen molar-refractivity contribution in [2.75, 3.05) is 13.2 Å². The number of aromatic nitrogens is 3. The zero-order chi connectivity index (χ0) is 23.5. The number of amides is 1. The number of thiocarbonyl (C=S) groups is 1. The lowest BCUT2D eigenvalue weighted by atomic mass is 10.0. The van der Waals surface area contributed by atoms with Gasteiger partial charge in [0.2, 0.25) is 0 Å². The molecule has 1 aromatic carbocycles. The van der Waals surface area contributed by atoms with Gasteiger partial charge < -0.3 is 10.1 Å². The van der Waals surface area contributed by atoms with E-state index in [2.05, 4.69) is 26.3 Å². The lowest BCUT2D eigenvalue weighted by Gasteiger charge is -2.15. The summed E-state index contributed by atoms with van der Waals surface area (Å²) in [4.78, 5) is 28.4. The number of carbonyl (C=O) groups is 1. The molecule has 3 aromatic rings. The molecule has 1 unspecified atom stereocenters. The smallest absolute Gasteiger partial charge is 0.270 e. The van der Waals surface area contributed by atoms with Gasteiger partial charge in [-0.3, -0.25) is 30.4 Å². The molecule has 0 saturated carbocycles. The van der Waals surface area contributed by atoms with Gasteiger partial charge in [0.1, 0.15) is 0 Å². The predicted molar refractivity (Wildman–Crippen MR) is 126 cm³/mol. The molecule has 0 spiro atoms. The molecule has 0 bridgehead atoms. The number of pyridine rings is 1. The fourth-order valence-corrected chi connectivity index (χ4v) is 3.92. The normalized spacial score (nSPS) is 15.4. The first-order valence-corrected chi connectivity index (χ1v) is 10.8. The van der Waals surface area contributed by atoms with Crippen molar-refractivity contribution in [1.29, 1.82) is 0 Å². The van der Waals surface area contributed by atoms with Crippen molar-refractivity contribution < 1.29 is 14.5 Å². The number of carbonyl (C=O) groups excluding carboxylic acids is 1. The third-order valence-electron chi connectivity index (χ3n) is 5.37. The van der Waals surface area contributed by atoms with Crippen LogP contribution in [0.4, 0.5) is 5.69 Å².